The maximum atomic E-state index is 11.5. The molecule has 4 heteroatoms. The van der Waals surface area contributed by atoms with Crippen LogP contribution in [0, 0.1) is 11.3 Å². The molecule has 1 rings (SSSR count). The molecule has 1 unspecified atom stereocenters. The van der Waals surface area contributed by atoms with Crippen LogP contribution in [0.3, 0.4) is 0 Å². The first-order valence-electron chi connectivity index (χ1n) is 5.01. The molecule has 1 aromatic heterocycles. The van der Waals surface area contributed by atoms with Crippen molar-refractivity contribution in [2.75, 3.05) is 5.33 Å². The summed E-state index contributed by atoms with van der Waals surface area (Å²) in [7, 11) is 0. The van der Waals surface area contributed by atoms with Gasteiger partial charge in [0.25, 0.3) is 5.56 Å². The van der Waals surface area contributed by atoms with Crippen molar-refractivity contribution < 1.29 is 0 Å². The molecule has 15 heavy (non-hydrogen) atoms. The second-order valence-electron chi connectivity index (χ2n) is 4.79. The lowest BCUT2D eigenvalue weighted by Crippen LogP contribution is -2.31. The predicted octanol–water partition coefficient (Wildman–Crippen LogP) is 2.30. The molecule has 0 aliphatic rings. The van der Waals surface area contributed by atoms with Crippen LogP contribution < -0.4 is 5.56 Å². The summed E-state index contributed by atoms with van der Waals surface area (Å²) in [5, 5.41) is 0.887. The van der Waals surface area contributed by atoms with Gasteiger partial charge in [0.1, 0.15) is 0 Å². The van der Waals surface area contributed by atoms with Crippen LogP contribution in [-0.2, 0) is 6.54 Å². The molecule has 0 aliphatic heterocycles. The summed E-state index contributed by atoms with van der Waals surface area (Å²) in [6.07, 6.45) is 3.13. The molecule has 0 saturated carbocycles. The zero-order chi connectivity index (χ0) is 11.5. The van der Waals surface area contributed by atoms with Gasteiger partial charge in [-0.25, -0.2) is 4.98 Å². The van der Waals surface area contributed by atoms with Crippen LogP contribution in [0.15, 0.2) is 23.4 Å². The smallest absolute Gasteiger partial charge is 0.253 e. The highest BCUT2D eigenvalue weighted by Gasteiger charge is 2.23. The molecular weight excluding hydrogens is 256 g/mol. The summed E-state index contributed by atoms with van der Waals surface area (Å²) in [5.74, 6) is 0.416. The molecule has 0 spiro atoms. The number of rotatable bonds is 3. The summed E-state index contributed by atoms with van der Waals surface area (Å²) in [5.41, 5.74) is 0.193. The summed E-state index contributed by atoms with van der Waals surface area (Å²) >= 11 is 3.50. The molecule has 0 aromatic carbocycles. The summed E-state index contributed by atoms with van der Waals surface area (Å²) < 4.78 is 1.66. The van der Waals surface area contributed by atoms with E-state index < -0.39 is 0 Å². The van der Waals surface area contributed by atoms with Crippen molar-refractivity contribution in [2.24, 2.45) is 11.3 Å². The molecule has 1 aromatic rings. The summed E-state index contributed by atoms with van der Waals surface area (Å²) in [6, 6.07) is 1.49. The van der Waals surface area contributed by atoms with Crippen molar-refractivity contribution in [1.29, 1.82) is 0 Å². The molecule has 1 heterocycles. The van der Waals surface area contributed by atoms with E-state index in [4.69, 9.17) is 0 Å². The number of halogens is 1. The summed E-state index contributed by atoms with van der Waals surface area (Å²) in [4.78, 5) is 15.5. The van der Waals surface area contributed by atoms with E-state index in [1.807, 2.05) is 0 Å². The third kappa shape index (κ3) is 3.45. The molecule has 0 radical (unpaired) electrons. The Kier molecular flexibility index (Phi) is 4.08. The molecule has 0 amide bonds. The quantitative estimate of drug-likeness (QED) is 0.792. The van der Waals surface area contributed by atoms with E-state index in [0.717, 1.165) is 5.33 Å². The van der Waals surface area contributed by atoms with Crippen molar-refractivity contribution in [2.45, 2.75) is 27.3 Å². The van der Waals surface area contributed by atoms with E-state index in [-0.39, 0.29) is 11.0 Å². The molecular formula is C11H17BrN2O. The predicted molar refractivity (Wildman–Crippen MR) is 65.2 cm³/mol. The first-order valence-corrected chi connectivity index (χ1v) is 6.13. The average Bonchev–Trinajstić information content (AvgIpc) is 2.14. The monoisotopic (exact) mass is 272 g/mol. The highest BCUT2D eigenvalue weighted by Crippen LogP contribution is 2.28. The van der Waals surface area contributed by atoms with Crippen molar-refractivity contribution in [3.05, 3.63) is 28.9 Å². The van der Waals surface area contributed by atoms with E-state index in [1.54, 1.807) is 10.9 Å². The van der Waals surface area contributed by atoms with E-state index in [2.05, 4.69) is 41.7 Å². The molecule has 84 valence electrons. The van der Waals surface area contributed by atoms with Crippen molar-refractivity contribution in [3.63, 3.8) is 0 Å². The van der Waals surface area contributed by atoms with E-state index in [1.165, 1.54) is 12.3 Å². The maximum absolute atomic E-state index is 11.5. The van der Waals surface area contributed by atoms with Gasteiger partial charge in [-0.1, -0.05) is 36.7 Å². The minimum Gasteiger partial charge on any atom is -0.299 e. The van der Waals surface area contributed by atoms with Crippen LogP contribution in [0.1, 0.15) is 20.8 Å². The highest BCUT2D eigenvalue weighted by molar-refractivity contribution is 9.09. The van der Waals surface area contributed by atoms with Gasteiger partial charge in [0.2, 0.25) is 0 Å². The van der Waals surface area contributed by atoms with Gasteiger partial charge < -0.3 is 0 Å². The topological polar surface area (TPSA) is 34.9 Å². The van der Waals surface area contributed by atoms with Crippen LogP contribution >= 0.6 is 15.9 Å². The fourth-order valence-electron chi connectivity index (χ4n) is 1.31. The number of nitrogens with zero attached hydrogens (tertiary/aromatic N) is 2. The lowest BCUT2D eigenvalue weighted by molar-refractivity contribution is 0.236. The van der Waals surface area contributed by atoms with E-state index >= 15 is 0 Å². The fraction of sp³-hybridized carbons (Fsp3) is 0.636. The number of hydrogen-bond donors (Lipinski definition) is 0. The van der Waals surface area contributed by atoms with Crippen molar-refractivity contribution in [1.82, 2.24) is 9.55 Å². The minimum atomic E-state index is 0.0141. The van der Waals surface area contributed by atoms with Gasteiger partial charge in [-0.15, -0.1) is 0 Å². The Bertz CT molecular complexity index is 367. The maximum Gasteiger partial charge on any atom is 0.253 e. The highest BCUT2D eigenvalue weighted by atomic mass is 79.9. The van der Waals surface area contributed by atoms with Crippen LogP contribution in [0.25, 0.3) is 0 Å². The second-order valence-corrected chi connectivity index (χ2v) is 5.44. The molecule has 3 nitrogen and oxygen atoms in total. The minimum absolute atomic E-state index is 0.0141. The third-order valence-corrected chi connectivity index (χ3v) is 3.40. The number of alkyl halides is 1. The average molecular weight is 273 g/mol. The van der Waals surface area contributed by atoms with Gasteiger partial charge in [-0.2, -0.15) is 0 Å². The van der Waals surface area contributed by atoms with Gasteiger partial charge in [0.05, 0.1) is 6.33 Å². The third-order valence-electron chi connectivity index (χ3n) is 2.62. The zero-order valence-corrected chi connectivity index (χ0v) is 11.0. The molecule has 0 fully saturated rings. The second kappa shape index (κ2) is 4.92. The Balaban J connectivity index is 2.85. The van der Waals surface area contributed by atoms with E-state index in [0.29, 0.717) is 12.5 Å². The molecule has 0 saturated heterocycles. The molecule has 0 N–H and O–H groups in total. The SMILES string of the molecule is CC(C)(C)C(CBr)Cn1cnccc1=O. The largest absolute Gasteiger partial charge is 0.299 e. The Morgan fingerprint density at radius 2 is 2.20 bits per heavy atom. The Morgan fingerprint density at radius 1 is 1.53 bits per heavy atom. The van der Waals surface area contributed by atoms with Gasteiger partial charge in [0, 0.05) is 24.1 Å². The van der Waals surface area contributed by atoms with E-state index in [9.17, 15) is 4.79 Å². The first-order chi connectivity index (χ1) is 6.95. The lowest BCUT2D eigenvalue weighted by atomic mass is 9.82. The summed E-state index contributed by atoms with van der Waals surface area (Å²) in [6.45, 7) is 7.25. The molecule has 0 aliphatic carbocycles. The van der Waals surface area contributed by atoms with Gasteiger partial charge in [-0.3, -0.25) is 9.36 Å². The van der Waals surface area contributed by atoms with Crippen molar-refractivity contribution in [3.8, 4) is 0 Å². The van der Waals surface area contributed by atoms with Gasteiger partial charge >= 0.3 is 0 Å². The Morgan fingerprint density at radius 3 is 2.67 bits per heavy atom. The fourth-order valence-corrected chi connectivity index (χ4v) is 2.48. The van der Waals surface area contributed by atoms with Crippen LogP contribution in [0.4, 0.5) is 0 Å². The molecule has 0 bridgehead atoms. The number of hydrogen-bond acceptors (Lipinski definition) is 2. The van der Waals surface area contributed by atoms with Crippen molar-refractivity contribution >= 4 is 15.9 Å². The Labute approximate surface area is 98.7 Å². The number of aromatic nitrogens is 2. The normalized spacial score (nSPS) is 13.9. The van der Waals surface area contributed by atoms with Crippen LogP contribution in [-0.4, -0.2) is 14.9 Å². The lowest BCUT2D eigenvalue weighted by Gasteiger charge is -2.29. The van der Waals surface area contributed by atoms with Crippen LogP contribution in [0.5, 0.6) is 0 Å². The zero-order valence-electron chi connectivity index (χ0n) is 9.40. The van der Waals surface area contributed by atoms with Gasteiger partial charge in [0.15, 0.2) is 0 Å². The molecule has 1 atom stereocenters. The van der Waals surface area contributed by atoms with Gasteiger partial charge in [-0.05, 0) is 11.3 Å². The standard InChI is InChI=1S/C11H17BrN2O/c1-11(2,3)9(6-12)7-14-8-13-5-4-10(14)15/h4-5,8-9H,6-7H2,1-3H3. The van der Waals surface area contributed by atoms with Crippen LogP contribution in [0.2, 0.25) is 0 Å². The Hall–Kier alpha value is -0.640. The first kappa shape index (κ1) is 12.4.